The summed E-state index contributed by atoms with van der Waals surface area (Å²) >= 11 is 0. The summed E-state index contributed by atoms with van der Waals surface area (Å²) in [6.45, 7) is 8.91. The van der Waals surface area contributed by atoms with Gasteiger partial charge in [-0.15, -0.1) is 0 Å². The zero-order valence-corrected chi connectivity index (χ0v) is 13.3. The molecule has 0 amide bonds. The molecular formula is C17H25NO3. The van der Waals surface area contributed by atoms with E-state index in [9.17, 15) is 9.59 Å². The number of carboxylic acids is 1. The maximum atomic E-state index is 12.5. The van der Waals surface area contributed by atoms with Crippen molar-refractivity contribution in [1.29, 1.82) is 0 Å². The number of aliphatic carboxylic acids is 1. The predicted octanol–water partition coefficient (Wildman–Crippen LogP) is 3.01. The number of nitrogens with one attached hydrogen (secondary N) is 1. The first kappa shape index (κ1) is 17.4. The Morgan fingerprint density at radius 2 is 1.76 bits per heavy atom. The second kappa shape index (κ2) is 7.36. The molecule has 0 aliphatic heterocycles. The highest BCUT2D eigenvalue weighted by atomic mass is 16.4. The SMILES string of the molecule is CCNC(CCC(=O)O)C(=O)c1ccc(C(C)(C)C)cc1. The fourth-order valence-electron chi connectivity index (χ4n) is 2.18. The lowest BCUT2D eigenvalue weighted by Gasteiger charge is -2.20. The van der Waals surface area contributed by atoms with Crippen LogP contribution in [0.5, 0.6) is 0 Å². The van der Waals surface area contributed by atoms with Crippen molar-refractivity contribution < 1.29 is 14.7 Å². The molecule has 1 unspecified atom stereocenters. The average Bonchev–Trinajstić information content (AvgIpc) is 2.41. The Kier molecular flexibility index (Phi) is 6.09. The number of rotatable bonds is 7. The normalized spacial score (nSPS) is 13.0. The highest BCUT2D eigenvalue weighted by Crippen LogP contribution is 2.22. The van der Waals surface area contributed by atoms with Gasteiger partial charge in [0.25, 0.3) is 0 Å². The number of benzene rings is 1. The molecular weight excluding hydrogens is 266 g/mol. The van der Waals surface area contributed by atoms with Gasteiger partial charge in [-0.3, -0.25) is 9.59 Å². The van der Waals surface area contributed by atoms with Gasteiger partial charge in [0.15, 0.2) is 5.78 Å². The fraction of sp³-hybridized carbons (Fsp3) is 0.529. The van der Waals surface area contributed by atoms with Gasteiger partial charge in [-0.1, -0.05) is 52.0 Å². The maximum Gasteiger partial charge on any atom is 0.303 e. The summed E-state index contributed by atoms with van der Waals surface area (Å²) < 4.78 is 0. The molecule has 0 spiro atoms. The van der Waals surface area contributed by atoms with E-state index in [1.165, 1.54) is 5.56 Å². The lowest BCUT2D eigenvalue weighted by atomic mass is 9.86. The summed E-state index contributed by atoms with van der Waals surface area (Å²) in [5.41, 5.74) is 1.84. The Morgan fingerprint density at radius 3 is 2.19 bits per heavy atom. The van der Waals surface area contributed by atoms with E-state index in [-0.39, 0.29) is 17.6 Å². The van der Waals surface area contributed by atoms with E-state index >= 15 is 0 Å². The van der Waals surface area contributed by atoms with Gasteiger partial charge < -0.3 is 10.4 Å². The van der Waals surface area contributed by atoms with Crippen LogP contribution >= 0.6 is 0 Å². The van der Waals surface area contributed by atoms with Crippen molar-refractivity contribution in [3.05, 3.63) is 35.4 Å². The van der Waals surface area contributed by atoms with Gasteiger partial charge in [0.05, 0.1) is 6.04 Å². The zero-order valence-electron chi connectivity index (χ0n) is 13.3. The van der Waals surface area contributed by atoms with E-state index in [0.717, 1.165) is 0 Å². The topological polar surface area (TPSA) is 66.4 Å². The molecule has 0 aliphatic carbocycles. The summed E-state index contributed by atoms with van der Waals surface area (Å²) in [7, 11) is 0. The van der Waals surface area contributed by atoms with E-state index in [4.69, 9.17) is 5.11 Å². The summed E-state index contributed by atoms with van der Waals surface area (Å²) in [4.78, 5) is 23.1. The molecule has 4 nitrogen and oxygen atoms in total. The van der Waals surface area contributed by atoms with Crippen LogP contribution < -0.4 is 5.32 Å². The first-order valence-electron chi connectivity index (χ1n) is 7.35. The Morgan fingerprint density at radius 1 is 1.19 bits per heavy atom. The molecule has 4 heteroatoms. The standard InChI is InChI=1S/C17H25NO3/c1-5-18-14(10-11-15(19)20)16(21)12-6-8-13(9-7-12)17(2,3)4/h6-9,14,18H,5,10-11H2,1-4H3,(H,19,20). The lowest BCUT2D eigenvalue weighted by Crippen LogP contribution is -2.37. The lowest BCUT2D eigenvalue weighted by molar-refractivity contribution is -0.137. The maximum absolute atomic E-state index is 12.5. The summed E-state index contributed by atoms with van der Waals surface area (Å²) in [6.07, 6.45) is 0.298. The number of likely N-dealkylation sites (N-methyl/N-ethyl adjacent to an activating group) is 1. The van der Waals surface area contributed by atoms with Gasteiger partial charge in [0.2, 0.25) is 0 Å². The average molecular weight is 291 g/mol. The van der Waals surface area contributed by atoms with Gasteiger partial charge >= 0.3 is 5.97 Å². The van der Waals surface area contributed by atoms with E-state index in [2.05, 4.69) is 26.1 Å². The van der Waals surface area contributed by atoms with Crippen LogP contribution in [0.1, 0.15) is 56.5 Å². The smallest absolute Gasteiger partial charge is 0.303 e. The summed E-state index contributed by atoms with van der Waals surface area (Å²) in [6, 6.07) is 7.15. The largest absolute Gasteiger partial charge is 0.481 e. The summed E-state index contributed by atoms with van der Waals surface area (Å²) in [5, 5.41) is 11.8. The number of hydrogen-bond donors (Lipinski definition) is 2. The number of Topliss-reactive ketones (excluding diaryl/α,β-unsaturated/α-hetero) is 1. The molecule has 21 heavy (non-hydrogen) atoms. The van der Waals surface area contributed by atoms with E-state index in [1.807, 2.05) is 31.2 Å². The molecule has 116 valence electrons. The van der Waals surface area contributed by atoms with Crippen molar-refractivity contribution >= 4 is 11.8 Å². The molecule has 1 rings (SSSR count). The summed E-state index contributed by atoms with van der Waals surface area (Å²) in [5.74, 6) is -0.924. The van der Waals surface area contributed by atoms with Crippen molar-refractivity contribution in [2.24, 2.45) is 0 Å². The van der Waals surface area contributed by atoms with Crippen LogP contribution in [-0.4, -0.2) is 29.4 Å². The van der Waals surface area contributed by atoms with Crippen molar-refractivity contribution in [2.45, 2.75) is 52.0 Å². The zero-order chi connectivity index (χ0) is 16.0. The first-order chi connectivity index (χ1) is 9.75. The molecule has 0 heterocycles. The minimum Gasteiger partial charge on any atom is -0.481 e. The van der Waals surface area contributed by atoms with Crippen molar-refractivity contribution in [3.8, 4) is 0 Å². The monoisotopic (exact) mass is 291 g/mol. The highest BCUT2D eigenvalue weighted by Gasteiger charge is 2.21. The van der Waals surface area contributed by atoms with Crippen molar-refractivity contribution in [2.75, 3.05) is 6.54 Å². The van der Waals surface area contributed by atoms with Crippen LogP contribution in [0.15, 0.2) is 24.3 Å². The van der Waals surface area contributed by atoms with Crippen molar-refractivity contribution in [3.63, 3.8) is 0 Å². The number of hydrogen-bond acceptors (Lipinski definition) is 3. The van der Waals surface area contributed by atoms with Gasteiger partial charge in [-0.25, -0.2) is 0 Å². The third kappa shape index (κ3) is 5.31. The van der Waals surface area contributed by atoms with E-state index in [0.29, 0.717) is 18.5 Å². The number of carbonyl (C=O) groups is 2. The van der Waals surface area contributed by atoms with Crippen LogP contribution in [0.4, 0.5) is 0 Å². The molecule has 0 fully saturated rings. The third-order valence-electron chi connectivity index (χ3n) is 3.45. The van der Waals surface area contributed by atoms with E-state index in [1.54, 1.807) is 0 Å². The Labute approximate surface area is 126 Å². The Hall–Kier alpha value is -1.68. The fourth-order valence-corrected chi connectivity index (χ4v) is 2.18. The van der Waals surface area contributed by atoms with Crippen molar-refractivity contribution in [1.82, 2.24) is 5.32 Å². The second-order valence-corrected chi connectivity index (χ2v) is 6.23. The minimum absolute atomic E-state index is 0.0104. The quantitative estimate of drug-likeness (QED) is 0.758. The van der Waals surface area contributed by atoms with Crippen LogP contribution in [0.3, 0.4) is 0 Å². The highest BCUT2D eigenvalue weighted by molar-refractivity contribution is 6.00. The van der Waals surface area contributed by atoms with Crippen LogP contribution in [0, 0.1) is 0 Å². The van der Waals surface area contributed by atoms with Gasteiger partial charge in [0.1, 0.15) is 0 Å². The molecule has 0 aliphatic rings. The van der Waals surface area contributed by atoms with Crippen LogP contribution in [-0.2, 0) is 10.2 Å². The molecule has 0 aromatic heterocycles. The first-order valence-corrected chi connectivity index (χ1v) is 7.35. The molecule has 2 N–H and O–H groups in total. The van der Waals surface area contributed by atoms with E-state index < -0.39 is 12.0 Å². The minimum atomic E-state index is -0.881. The van der Waals surface area contributed by atoms with Gasteiger partial charge in [-0.05, 0) is 23.9 Å². The van der Waals surface area contributed by atoms with Crippen LogP contribution in [0.25, 0.3) is 0 Å². The molecule has 0 saturated carbocycles. The molecule has 0 radical (unpaired) electrons. The number of carbonyl (C=O) groups excluding carboxylic acids is 1. The van der Waals surface area contributed by atoms with Crippen LogP contribution in [0.2, 0.25) is 0 Å². The second-order valence-electron chi connectivity index (χ2n) is 6.23. The number of carboxylic acid groups (broad SMARTS) is 1. The predicted molar refractivity (Wildman–Crippen MR) is 83.8 cm³/mol. The molecule has 1 atom stereocenters. The molecule has 0 bridgehead atoms. The third-order valence-corrected chi connectivity index (χ3v) is 3.45. The number of ketones is 1. The molecule has 0 saturated heterocycles. The van der Waals surface area contributed by atoms with Gasteiger partial charge in [0, 0.05) is 12.0 Å². The molecule has 1 aromatic rings. The Bertz CT molecular complexity index is 486. The molecule has 1 aromatic carbocycles. The Balaban J connectivity index is 2.85. The van der Waals surface area contributed by atoms with Gasteiger partial charge in [-0.2, -0.15) is 0 Å².